The number of sulfonamides is 1. The first kappa shape index (κ1) is 14.9. The Kier molecular flexibility index (Phi) is 3.16. The van der Waals surface area contributed by atoms with Crippen LogP contribution in [0.5, 0.6) is 5.75 Å². The van der Waals surface area contributed by atoms with Gasteiger partial charge in [-0.05, 0) is 57.6 Å². The standard InChI is InChI=1S/C16H23NO3S/c1-10-5-8-12-13(15(10)18)9-17(14(12)11-6-7-11)21(19,20)16(2,3)4/h5,8,11,14,18H,6-7,9H2,1-4H3/t14-/m0/s1. The molecule has 116 valence electrons. The van der Waals surface area contributed by atoms with Gasteiger partial charge in [0.1, 0.15) is 5.75 Å². The second-order valence-corrected chi connectivity index (χ2v) is 9.89. The second-order valence-electron chi connectivity index (χ2n) is 7.24. The quantitative estimate of drug-likeness (QED) is 0.913. The minimum atomic E-state index is -3.41. The third kappa shape index (κ3) is 2.18. The lowest BCUT2D eigenvalue weighted by Gasteiger charge is -2.31. The van der Waals surface area contributed by atoms with Gasteiger partial charge >= 0.3 is 0 Å². The Morgan fingerprint density at radius 2 is 1.86 bits per heavy atom. The number of fused-ring (bicyclic) bond motifs is 1. The fraction of sp³-hybridized carbons (Fsp3) is 0.625. The van der Waals surface area contributed by atoms with Crippen molar-refractivity contribution in [2.45, 2.75) is 57.9 Å². The molecule has 3 rings (SSSR count). The van der Waals surface area contributed by atoms with Crippen LogP contribution in [-0.4, -0.2) is 22.6 Å². The fourth-order valence-electron chi connectivity index (χ4n) is 3.11. The Labute approximate surface area is 126 Å². The van der Waals surface area contributed by atoms with Crippen LogP contribution in [0.2, 0.25) is 0 Å². The van der Waals surface area contributed by atoms with Crippen LogP contribution in [0, 0.1) is 12.8 Å². The zero-order valence-electron chi connectivity index (χ0n) is 13.0. The molecule has 1 aromatic rings. The maximum Gasteiger partial charge on any atom is 0.219 e. The highest BCUT2D eigenvalue weighted by Gasteiger charge is 2.50. The van der Waals surface area contributed by atoms with Gasteiger partial charge in [0, 0.05) is 12.1 Å². The van der Waals surface area contributed by atoms with E-state index in [0.29, 0.717) is 12.5 Å². The molecule has 5 heteroatoms. The molecule has 1 atom stereocenters. The van der Waals surface area contributed by atoms with Crippen molar-refractivity contribution in [2.24, 2.45) is 5.92 Å². The monoisotopic (exact) mass is 309 g/mol. The van der Waals surface area contributed by atoms with Gasteiger partial charge in [-0.15, -0.1) is 0 Å². The zero-order chi connectivity index (χ0) is 15.6. The minimum absolute atomic E-state index is 0.101. The smallest absolute Gasteiger partial charge is 0.219 e. The maximum absolute atomic E-state index is 12.9. The molecule has 1 N–H and O–H groups in total. The zero-order valence-corrected chi connectivity index (χ0v) is 13.9. The van der Waals surface area contributed by atoms with Crippen LogP contribution in [0.3, 0.4) is 0 Å². The summed E-state index contributed by atoms with van der Waals surface area (Å²) >= 11 is 0. The lowest BCUT2D eigenvalue weighted by Crippen LogP contribution is -2.42. The van der Waals surface area contributed by atoms with E-state index in [1.54, 1.807) is 25.1 Å². The molecule has 0 saturated heterocycles. The fourth-order valence-corrected chi connectivity index (χ4v) is 4.70. The van der Waals surface area contributed by atoms with Gasteiger partial charge in [0.2, 0.25) is 10.0 Å². The number of aromatic hydroxyl groups is 1. The molecular formula is C16H23NO3S. The second kappa shape index (κ2) is 4.46. The number of rotatable bonds is 2. The molecule has 1 saturated carbocycles. The molecule has 0 radical (unpaired) electrons. The Hall–Kier alpha value is -1.07. The number of benzene rings is 1. The molecule has 1 aliphatic carbocycles. The highest BCUT2D eigenvalue weighted by molar-refractivity contribution is 7.90. The number of phenols is 1. The van der Waals surface area contributed by atoms with Gasteiger partial charge < -0.3 is 5.11 Å². The van der Waals surface area contributed by atoms with Crippen LogP contribution in [0.25, 0.3) is 0 Å². The number of nitrogens with zero attached hydrogens (tertiary/aromatic N) is 1. The van der Waals surface area contributed by atoms with Crippen molar-refractivity contribution in [3.63, 3.8) is 0 Å². The summed E-state index contributed by atoms with van der Waals surface area (Å²) in [4.78, 5) is 0. The molecule has 0 bridgehead atoms. The van der Waals surface area contributed by atoms with Gasteiger partial charge in [0.15, 0.2) is 0 Å². The van der Waals surface area contributed by atoms with E-state index < -0.39 is 14.8 Å². The van der Waals surface area contributed by atoms with Crippen LogP contribution in [0.15, 0.2) is 12.1 Å². The molecule has 0 unspecified atom stereocenters. The largest absolute Gasteiger partial charge is 0.507 e. The molecule has 1 fully saturated rings. The third-order valence-electron chi connectivity index (χ3n) is 4.61. The summed E-state index contributed by atoms with van der Waals surface area (Å²) in [7, 11) is -3.41. The molecule has 2 aliphatic rings. The van der Waals surface area contributed by atoms with Crippen LogP contribution < -0.4 is 0 Å². The van der Waals surface area contributed by atoms with Crippen LogP contribution in [-0.2, 0) is 16.6 Å². The van der Waals surface area contributed by atoms with E-state index in [9.17, 15) is 13.5 Å². The number of hydrogen-bond donors (Lipinski definition) is 1. The van der Waals surface area contributed by atoms with Gasteiger partial charge in [-0.25, -0.2) is 8.42 Å². The van der Waals surface area contributed by atoms with E-state index in [-0.39, 0.29) is 11.8 Å². The molecule has 1 heterocycles. The summed E-state index contributed by atoms with van der Waals surface area (Å²) in [5.41, 5.74) is 2.59. The van der Waals surface area contributed by atoms with Crippen molar-refractivity contribution in [1.29, 1.82) is 0 Å². The normalized spacial score (nSPS) is 23.3. The topological polar surface area (TPSA) is 57.6 Å². The van der Waals surface area contributed by atoms with Gasteiger partial charge in [0.25, 0.3) is 0 Å². The molecular weight excluding hydrogens is 286 g/mol. The summed E-state index contributed by atoms with van der Waals surface area (Å²) in [6.07, 6.45) is 2.13. The Morgan fingerprint density at radius 1 is 1.24 bits per heavy atom. The van der Waals surface area contributed by atoms with Crippen molar-refractivity contribution < 1.29 is 13.5 Å². The SMILES string of the molecule is Cc1ccc2c(c1O)CN(S(=O)(=O)C(C)(C)C)[C@H]2C1CC1. The average Bonchev–Trinajstić information content (AvgIpc) is 3.12. The number of hydrogen-bond acceptors (Lipinski definition) is 3. The summed E-state index contributed by atoms with van der Waals surface area (Å²) in [5.74, 6) is 0.648. The highest BCUT2D eigenvalue weighted by atomic mass is 32.2. The predicted octanol–water partition coefficient (Wildman–Crippen LogP) is 3.10. The van der Waals surface area contributed by atoms with Crippen molar-refractivity contribution in [3.05, 3.63) is 28.8 Å². The summed E-state index contributed by atoms with van der Waals surface area (Å²) in [6.45, 7) is 7.35. The number of aryl methyl sites for hydroxylation is 1. The summed E-state index contributed by atoms with van der Waals surface area (Å²) in [6, 6.07) is 3.78. The first-order chi connectivity index (χ1) is 9.64. The summed E-state index contributed by atoms with van der Waals surface area (Å²) < 4.78 is 26.6. The predicted molar refractivity (Wildman–Crippen MR) is 82.5 cm³/mol. The highest BCUT2D eigenvalue weighted by Crippen LogP contribution is 2.53. The van der Waals surface area contributed by atoms with Crippen LogP contribution in [0.4, 0.5) is 0 Å². The van der Waals surface area contributed by atoms with Gasteiger partial charge in [-0.3, -0.25) is 0 Å². The molecule has 0 aromatic heterocycles. The van der Waals surface area contributed by atoms with E-state index in [2.05, 4.69) is 0 Å². The minimum Gasteiger partial charge on any atom is -0.507 e. The van der Waals surface area contributed by atoms with E-state index in [1.165, 1.54) is 0 Å². The summed E-state index contributed by atoms with van der Waals surface area (Å²) in [5, 5.41) is 10.3. The van der Waals surface area contributed by atoms with Gasteiger partial charge in [0.05, 0.1) is 10.8 Å². The Morgan fingerprint density at radius 3 is 2.38 bits per heavy atom. The van der Waals surface area contributed by atoms with Crippen LogP contribution in [0.1, 0.15) is 56.3 Å². The molecule has 0 amide bonds. The van der Waals surface area contributed by atoms with Crippen molar-refractivity contribution in [2.75, 3.05) is 0 Å². The molecule has 4 nitrogen and oxygen atoms in total. The Bertz CT molecular complexity index is 684. The lowest BCUT2D eigenvalue weighted by atomic mass is 9.99. The maximum atomic E-state index is 12.9. The van der Waals surface area contributed by atoms with Crippen molar-refractivity contribution in [3.8, 4) is 5.75 Å². The number of phenolic OH excluding ortho intramolecular Hbond substituents is 1. The Balaban J connectivity index is 2.12. The molecule has 0 spiro atoms. The van der Waals surface area contributed by atoms with Gasteiger partial charge in [-0.1, -0.05) is 12.1 Å². The molecule has 1 aliphatic heterocycles. The van der Waals surface area contributed by atoms with Crippen molar-refractivity contribution in [1.82, 2.24) is 4.31 Å². The molecule has 1 aromatic carbocycles. The lowest BCUT2D eigenvalue weighted by molar-refractivity contribution is 0.311. The van der Waals surface area contributed by atoms with E-state index in [1.807, 2.05) is 19.1 Å². The average molecular weight is 309 g/mol. The first-order valence-electron chi connectivity index (χ1n) is 7.47. The first-order valence-corrected chi connectivity index (χ1v) is 8.91. The molecule has 21 heavy (non-hydrogen) atoms. The van der Waals surface area contributed by atoms with E-state index in [4.69, 9.17) is 0 Å². The van der Waals surface area contributed by atoms with Gasteiger partial charge in [-0.2, -0.15) is 4.31 Å². The van der Waals surface area contributed by atoms with Crippen molar-refractivity contribution >= 4 is 10.0 Å². The third-order valence-corrected chi connectivity index (χ3v) is 7.14. The van der Waals surface area contributed by atoms with Crippen LogP contribution >= 0.6 is 0 Å². The van der Waals surface area contributed by atoms with E-state index in [0.717, 1.165) is 29.5 Å². The van der Waals surface area contributed by atoms with E-state index >= 15 is 0 Å².